The van der Waals surface area contributed by atoms with E-state index in [4.69, 9.17) is 4.74 Å². The molecule has 1 aliphatic rings. The third kappa shape index (κ3) is 4.90. The third-order valence-corrected chi connectivity index (χ3v) is 5.89. The normalized spacial score (nSPS) is 15.2. The van der Waals surface area contributed by atoms with E-state index in [0.717, 1.165) is 15.7 Å². The number of urea groups is 1. The maximum absolute atomic E-state index is 12.4. The molecule has 154 valence electrons. The Morgan fingerprint density at radius 1 is 1.21 bits per heavy atom. The first-order valence-corrected chi connectivity index (χ1v) is 10.5. The lowest BCUT2D eigenvalue weighted by Crippen LogP contribution is -2.42. The standard InChI is InChI=1S/C19H21N3O6S/c1-13(18(24)22-11-10-20-19(22)25)28-17(23)8-9-21-29(26,27)16-7-6-14-4-2-3-5-15(14)12-16/h2-7,12-13,21H,8-11H2,1H3,(H,20,25)/t13-/m1/s1. The van der Waals surface area contributed by atoms with E-state index >= 15 is 0 Å². The Kier molecular flexibility index (Phi) is 6.14. The number of rotatable bonds is 7. The fourth-order valence-corrected chi connectivity index (χ4v) is 3.98. The summed E-state index contributed by atoms with van der Waals surface area (Å²) in [6.07, 6.45) is -1.39. The van der Waals surface area contributed by atoms with Crippen LogP contribution >= 0.6 is 0 Å². The van der Waals surface area contributed by atoms with Gasteiger partial charge in [-0.2, -0.15) is 0 Å². The van der Waals surface area contributed by atoms with Gasteiger partial charge in [0.2, 0.25) is 10.0 Å². The number of benzene rings is 2. The van der Waals surface area contributed by atoms with Gasteiger partial charge in [-0.3, -0.25) is 14.5 Å². The van der Waals surface area contributed by atoms with Crippen molar-refractivity contribution in [2.24, 2.45) is 0 Å². The average molecular weight is 419 g/mol. The Morgan fingerprint density at radius 2 is 1.93 bits per heavy atom. The van der Waals surface area contributed by atoms with Gasteiger partial charge in [0, 0.05) is 19.6 Å². The van der Waals surface area contributed by atoms with Gasteiger partial charge in [-0.1, -0.05) is 30.3 Å². The number of amides is 3. The number of nitrogens with one attached hydrogen (secondary N) is 2. The molecule has 10 heteroatoms. The molecule has 0 saturated carbocycles. The highest BCUT2D eigenvalue weighted by Crippen LogP contribution is 2.18. The van der Waals surface area contributed by atoms with E-state index in [-0.39, 0.29) is 24.4 Å². The van der Waals surface area contributed by atoms with Crippen molar-refractivity contribution in [3.8, 4) is 0 Å². The molecule has 0 aromatic heterocycles. The number of esters is 1. The van der Waals surface area contributed by atoms with Crippen LogP contribution in [0.2, 0.25) is 0 Å². The zero-order valence-corrected chi connectivity index (χ0v) is 16.6. The number of sulfonamides is 1. The molecule has 0 aliphatic carbocycles. The second-order valence-electron chi connectivity index (χ2n) is 6.51. The number of carbonyl (C=O) groups is 3. The molecule has 29 heavy (non-hydrogen) atoms. The molecular formula is C19H21N3O6S. The zero-order valence-electron chi connectivity index (χ0n) is 15.8. The third-order valence-electron chi connectivity index (χ3n) is 4.43. The summed E-state index contributed by atoms with van der Waals surface area (Å²) in [6, 6.07) is 11.6. The topological polar surface area (TPSA) is 122 Å². The molecule has 2 N–H and O–H groups in total. The first-order chi connectivity index (χ1) is 13.8. The molecular weight excluding hydrogens is 398 g/mol. The van der Waals surface area contributed by atoms with Crippen LogP contribution in [0.3, 0.4) is 0 Å². The zero-order chi connectivity index (χ0) is 21.0. The Hall–Kier alpha value is -2.98. The van der Waals surface area contributed by atoms with E-state index in [0.29, 0.717) is 6.54 Å². The predicted molar refractivity (Wildman–Crippen MR) is 104 cm³/mol. The molecule has 3 rings (SSSR count). The van der Waals surface area contributed by atoms with Gasteiger partial charge >= 0.3 is 12.0 Å². The minimum atomic E-state index is -3.80. The Morgan fingerprint density at radius 3 is 2.62 bits per heavy atom. The molecule has 1 atom stereocenters. The van der Waals surface area contributed by atoms with Crippen LogP contribution in [0, 0.1) is 0 Å². The number of hydrogen-bond donors (Lipinski definition) is 2. The van der Waals surface area contributed by atoms with Crippen molar-refractivity contribution < 1.29 is 27.5 Å². The quantitative estimate of drug-likeness (QED) is 0.646. The molecule has 1 saturated heterocycles. The fourth-order valence-electron chi connectivity index (χ4n) is 2.91. The summed E-state index contributed by atoms with van der Waals surface area (Å²) in [5.74, 6) is -1.36. The molecule has 9 nitrogen and oxygen atoms in total. The summed E-state index contributed by atoms with van der Waals surface area (Å²) < 4.78 is 32.2. The van der Waals surface area contributed by atoms with Crippen molar-refractivity contribution in [1.29, 1.82) is 0 Å². The first-order valence-electron chi connectivity index (χ1n) is 9.05. The lowest BCUT2D eigenvalue weighted by Gasteiger charge is -2.18. The molecule has 3 amide bonds. The summed E-state index contributed by atoms with van der Waals surface area (Å²) in [4.78, 5) is 36.6. The van der Waals surface area contributed by atoms with E-state index < -0.39 is 34.0 Å². The van der Waals surface area contributed by atoms with Gasteiger partial charge in [0.1, 0.15) is 0 Å². The molecule has 1 aliphatic heterocycles. The molecule has 2 aromatic rings. The van der Waals surface area contributed by atoms with Crippen molar-refractivity contribution in [3.63, 3.8) is 0 Å². The summed E-state index contributed by atoms with van der Waals surface area (Å²) in [5.41, 5.74) is 0. The number of ether oxygens (including phenoxy) is 1. The van der Waals surface area contributed by atoms with Gasteiger partial charge in [-0.25, -0.2) is 17.9 Å². The van der Waals surface area contributed by atoms with Gasteiger partial charge in [-0.05, 0) is 29.8 Å². The second kappa shape index (κ2) is 8.58. The number of fused-ring (bicyclic) bond motifs is 1. The van der Waals surface area contributed by atoms with E-state index in [2.05, 4.69) is 10.0 Å². The van der Waals surface area contributed by atoms with Gasteiger partial charge in [0.05, 0.1) is 11.3 Å². The predicted octanol–water partition coefficient (Wildman–Crippen LogP) is 0.992. The van der Waals surface area contributed by atoms with Crippen LogP contribution in [0.25, 0.3) is 10.8 Å². The number of hydrogen-bond acceptors (Lipinski definition) is 6. The van der Waals surface area contributed by atoms with Crippen molar-refractivity contribution in [3.05, 3.63) is 42.5 Å². The van der Waals surface area contributed by atoms with Crippen molar-refractivity contribution in [1.82, 2.24) is 14.9 Å². The summed E-state index contributed by atoms with van der Waals surface area (Å²) in [5, 5.41) is 4.19. The van der Waals surface area contributed by atoms with Crippen molar-refractivity contribution >= 4 is 38.7 Å². The summed E-state index contributed by atoms with van der Waals surface area (Å²) in [7, 11) is -3.80. The van der Waals surface area contributed by atoms with Gasteiger partial charge in [0.25, 0.3) is 5.91 Å². The summed E-state index contributed by atoms with van der Waals surface area (Å²) in [6.45, 7) is 1.75. The Balaban J connectivity index is 1.52. The maximum atomic E-state index is 12.4. The van der Waals surface area contributed by atoms with E-state index in [1.165, 1.54) is 13.0 Å². The van der Waals surface area contributed by atoms with E-state index in [9.17, 15) is 22.8 Å². The molecule has 1 heterocycles. The van der Waals surface area contributed by atoms with Crippen molar-refractivity contribution in [2.75, 3.05) is 19.6 Å². The van der Waals surface area contributed by atoms with Crippen LogP contribution in [-0.4, -0.2) is 57.0 Å². The highest BCUT2D eigenvalue weighted by molar-refractivity contribution is 7.89. The fraction of sp³-hybridized carbons (Fsp3) is 0.316. The molecule has 2 aromatic carbocycles. The largest absolute Gasteiger partial charge is 0.452 e. The van der Waals surface area contributed by atoms with Crippen LogP contribution in [-0.2, 0) is 24.3 Å². The molecule has 0 unspecified atom stereocenters. The second-order valence-corrected chi connectivity index (χ2v) is 8.28. The highest BCUT2D eigenvalue weighted by Gasteiger charge is 2.31. The molecule has 0 radical (unpaired) electrons. The van der Waals surface area contributed by atoms with Crippen LogP contribution < -0.4 is 10.0 Å². The van der Waals surface area contributed by atoms with Gasteiger partial charge in [0.15, 0.2) is 6.10 Å². The average Bonchev–Trinajstić information content (AvgIpc) is 3.12. The Bertz CT molecular complexity index is 1050. The monoisotopic (exact) mass is 419 g/mol. The number of nitrogens with zero attached hydrogens (tertiary/aromatic N) is 1. The van der Waals surface area contributed by atoms with Crippen LogP contribution in [0.1, 0.15) is 13.3 Å². The minimum absolute atomic E-state index is 0.0909. The molecule has 1 fully saturated rings. The van der Waals surface area contributed by atoms with Crippen LogP contribution in [0.4, 0.5) is 4.79 Å². The number of carbonyl (C=O) groups excluding carboxylic acids is 3. The summed E-state index contributed by atoms with van der Waals surface area (Å²) >= 11 is 0. The molecule has 0 bridgehead atoms. The van der Waals surface area contributed by atoms with Crippen LogP contribution in [0.5, 0.6) is 0 Å². The lowest BCUT2D eigenvalue weighted by molar-refractivity contribution is -0.157. The SMILES string of the molecule is C[C@@H](OC(=O)CCNS(=O)(=O)c1ccc2ccccc2c1)C(=O)N1CCNC1=O. The lowest BCUT2D eigenvalue weighted by atomic mass is 10.1. The first kappa shape index (κ1) is 20.7. The van der Waals surface area contributed by atoms with E-state index in [1.807, 2.05) is 24.3 Å². The minimum Gasteiger partial charge on any atom is -0.452 e. The smallest absolute Gasteiger partial charge is 0.324 e. The van der Waals surface area contributed by atoms with Gasteiger partial charge in [-0.15, -0.1) is 0 Å². The van der Waals surface area contributed by atoms with Crippen molar-refractivity contribution in [2.45, 2.75) is 24.3 Å². The van der Waals surface area contributed by atoms with Gasteiger partial charge < -0.3 is 10.1 Å². The highest BCUT2D eigenvalue weighted by atomic mass is 32.2. The van der Waals surface area contributed by atoms with Crippen LogP contribution in [0.15, 0.2) is 47.4 Å². The molecule has 0 spiro atoms. The maximum Gasteiger partial charge on any atom is 0.324 e. The Labute approximate surface area is 168 Å². The number of imide groups is 1. The van der Waals surface area contributed by atoms with E-state index in [1.54, 1.807) is 12.1 Å².